The predicted octanol–water partition coefficient (Wildman–Crippen LogP) is 0.554. The lowest BCUT2D eigenvalue weighted by atomic mass is 9.93. The van der Waals surface area contributed by atoms with Crippen LogP contribution in [0, 0.1) is 12.5 Å². The van der Waals surface area contributed by atoms with Crippen molar-refractivity contribution in [2.75, 3.05) is 25.0 Å². The number of nitrogens with one attached hydrogen (secondary N) is 2. The SMILES string of the molecule is [C-]#[N+]CC1(n2cc(-c3nccc4nc(NC(=O)C5CC5)nn34)cn2)CNC1. The molecule has 10 nitrogen and oxygen atoms in total. The normalized spacial score (nSPS) is 18.0. The standard InChI is InChI=1S/C17H17N9O/c1-18-8-17(9-19-10-17)25-7-12(6-21-25)14-20-5-4-13-22-16(24-26(13)14)23-15(27)11-2-3-11/h4-7,11,19H,2-3,8-10H2,(H,23,24,27). The van der Waals surface area contributed by atoms with E-state index in [0.29, 0.717) is 18.0 Å². The monoisotopic (exact) mass is 363 g/mol. The van der Waals surface area contributed by atoms with Gasteiger partial charge in [-0.05, 0) is 12.8 Å². The Bertz CT molecular complexity index is 1070. The van der Waals surface area contributed by atoms with Crippen LogP contribution < -0.4 is 10.6 Å². The van der Waals surface area contributed by atoms with Gasteiger partial charge in [-0.3, -0.25) is 14.8 Å². The summed E-state index contributed by atoms with van der Waals surface area (Å²) in [7, 11) is 0. The number of aromatic nitrogens is 6. The van der Waals surface area contributed by atoms with Crippen LogP contribution in [0.3, 0.4) is 0 Å². The molecule has 10 heteroatoms. The van der Waals surface area contributed by atoms with Gasteiger partial charge in [0.2, 0.25) is 18.4 Å². The third-order valence-corrected chi connectivity index (χ3v) is 5.04. The van der Waals surface area contributed by atoms with Crippen LogP contribution in [-0.2, 0) is 10.3 Å². The second kappa shape index (κ2) is 5.85. The molecule has 2 fully saturated rings. The van der Waals surface area contributed by atoms with Crippen LogP contribution in [0.2, 0.25) is 0 Å². The first-order valence-electron chi connectivity index (χ1n) is 8.81. The molecule has 2 aliphatic rings. The van der Waals surface area contributed by atoms with Crippen molar-refractivity contribution in [2.24, 2.45) is 5.92 Å². The number of fused-ring (bicyclic) bond motifs is 1. The molecule has 2 N–H and O–H groups in total. The fraction of sp³-hybridized carbons (Fsp3) is 0.412. The van der Waals surface area contributed by atoms with Crippen LogP contribution in [0.1, 0.15) is 12.8 Å². The summed E-state index contributed by atoms with van der Waals surface area (Å²) in [4.78, 5) is 24.3. The minimum absolute atomic E-state index is 0.0354. The summed E-state index contributed by atoms with van der Waals surface area (Å²) >= 11 is 0. The molecule has 0 unspecified atom stereocenters. The van der Waals surface area contributed by atoms with Crippen molar-refractivity contribution in [3.63, 3.8) is 0 Å². The van der Waals surface area contributed by atoms with Crippen molar-refractivity contribution in [3.8, 4) is 11.4 Å². The van der Waals surface area contributed by atoms with E-state index < -0.39 is 0 Å². The molecule has 0 spiro atoms. The molecule has 0 atom stereocenters. The first kappa shape index (κ1) is 15.9. The smallest absolute Gasteiger partial charge is 0.249 e. The number of nitrogens with zero attached hydrogens (tertiary/aromatic N) is 7. The Labute approximate surface area is 154 Å². The van der Waals surface area contributed by atoms with Gasteiger partial charge in [-0.25, -0.2) is 11.6 Å². The summed E-state index contributed by atoms with van der Waals surface area (Å²) in [5, 5.41) is 14.8. The van der Waals surface area contributed by atoms with Gasteiger partial charge in [-0.2, -0.15) is 14.6 Å². The third kappa shape index (κ3) is 2.63. The molecule has 136 valence electrons. The molecule has 1 aliphatic heterocycles. The Balaban J connectivity index is 1.49. The molecule has 4 heterocycles. The average molecular weight is 363 g/mol. The van der Waals surface area contributed by atoms with E-state index in [1.807, 2.05) is 10.9 Å². The van der Waals surface area contributed by atoms with E-state index >= 15 is 0 Å². The molecule has 5 rings (SSSR count). The molecule has 1 aliphatic carbocycles. The van der Waals surface area contributed by atoms with Crippen LogP contribution in [0.25, 0.3) is 21.9 Å². The van der Waals surface area contributed by atoms with Gasteiger partial charge in [0.1, 0.15) is 0 Å². The third-order valence-electron chi connectivity index (χ3n) is 5.04. The number of amides is 1. The van der Waals surface area contributed by atoms with Gasteiger partial charge in [-0.15, -0.1) is 5.10 Å². The number of rotatable bonds is 5. The maximum Gasteiger partial charge on any atom is 0.249 e. The number of carbonyl (C=O) groups excluding carboxylic acids is 1. The van der Waals surface area contributed by atoms with Gasteiger partial charge in [0.25, 0.3) is 0 Å². The second-order valence-corrected chi connectivity index (χ2v) is 7.06. The first-order chi connectivity index (χ1) is 13.2. The van der Waals surface area contributed by atoms with Crippen molar-refractivity contribution < 1.29 is 4.79 Å². The summed E-state index contributed by atoms with van der Waals surface area (Å²) < 4.78 is 3.44. The van der Waals surface area contributed by atoms with Crippen molar-refractivity contribution in [2.45, 2.75) is 18.4 Å². The van der Waals surface area contributed by atoms with Crippen LogP contribution in [0.4, 0.5) is 5.95 Å². The summed E-state index contributed by atoms with van der Waals surface area (Å²) in [6.45, 7) is 9.01. The Morgan fingerprint density at radius 1 is 1.44 bits per heavy atom. The van der Waals surface area contributed by atoms with E-state index in [0.717, 1.165) is 31.5 Å². The molecular formula is C17H17N9O. The fourth-order valence-electron chi connectivity index (χ4n) is 3.23. The minimum Gasteiger partial charge on any atom is -0.314 e. The van der Waals surface area contributed by atoms with Gasteiger partial charge in [0.05, 0.1) is 11.8 Å². The molecule has 27 heavy (non-hydrogen) atoms. The van der Waals surface area contributed by atoms with Crippen LogP contribution in [0.15, 0.2) is 24.7 Å². The highest BCUT2D eigenvalue weighted by Crippen LogP contribution is 2.30. The van der Waals surface area contributed by atoms with Crippen molar-refractivity contribution >= 4 is 17.5 Å². The molecule has 1 saturated heterocycles. The Morgan fingerprint density at radius 3 is 3.00 bits per heavy atom. The lowest BCUT2D eigenvalue weighted by Crippen LogP contribution is -2.62. The topological polar surface area (TPSA) is 106 Å². The van der Waals surface area contributed by atoms with E-state index in [4.69, 9.17) is 6.57 Å². The number of hydrogen-bond donors (Lipinski definition) is 2. The van der Waals surface area contributed by atoms with E-state index in [1.165, 1.54) is 0 Å². The first-order valence-corrected chi connectivity index (χ1v) is 8.81. The molecule has 1 amide bonds. The van der Waals surface area contributed by atoms with Crippen LogP contribution in [0.5, 0.6) is 0 Å². The molecule has 0 radical (unpaired) electrons. The van der Waals surface area contributed by atoms with E-state index in [1.54, 1.807) is 23.0 Å². The van der Waals surface area contributed by atoms with E-state index in [9.17, 15) is 4.79 Å². The summed E-state index contributed by atoms with van der Waals surface area (Å²) in [5.74, 6) is 0.915. The maximum atomic E-state index is 12.0. The lowest BCUT2D eigenvalue weighted by molar-refractivity contribution is -0.117. The van der Waals surface area contributed by atoms with Crippen LogP contribution in [-0.4, -0.2) is 54.9 Å². The number of carbonyl (C=O) groups is 1. The summed E-state index contributed by atoms with van der Waals surface area (Å²) in [6.07, 6.45) is 7.11. The van der Waals surface area contributed by atoms with Gasteiger partial charge < -0.3 is 10.2 Å². The minimum atomic E-state index is -0.306. The van der Waals surface area contributed by atoms with Crippen molar-refractivity contribution in [1.29, 1.82) is 0 Å². The molecular weight excluding hydrogens is 346 g/mol. The zero-order valence-corrected chi connectivity index (χ0v) is 14.5. The highest BCUT2D eigenvalue weighted by Gasteiger charge is 2.43. The van der Waals surface area contributed by atoms with Crippen molar-refractivity contribution in [1.82, 2.24) is 34.7 Å². The van der Waals surface area contributed by atoms with Gasteiger partial charge in [0, 0.05) is 37.5 Å². The molecule has 3 aromatic heterocycles. The molecule has 0 aromatic carbocycles. The number of hydrogen-bond acceptors (Lipinski definition) is 6. The Morgan fingerprint density at radius 2 is 2.30 bits per heavy atom. The molecule has 3 aromatic rings. The Kier molecular flexibility index (Phi) is 3.45. The second-order valence-electron chi connectivity index (χ2n) is 7.06. The van der Waals surface area contributed by atoms with E-state index in [2.05, 4.69) is 35.6 Å². The predicted molar refractivity (Wildman–Crippen MR) is 95.7 cm³/mol. The van der Waals surface area contributed by atoms with E-state index in [-0.39, 0.29) is 23.3 Å². The van der Waals surface area contributed by atoms with Gasteiger partial charge in [-0.1, -0.05) is 0 Å². The maximum absolute atomic E-state index is 12.0. The van der Waals surface area contributed by atoms with Gasteiger partial charge in [0.15, 0.2) is 17.0 Å². The highest BCUT2D eigenvalue weighted by atomic mass is 16.2. The zero-order chi connectivity index (χ0) is 18.4. The lowest BCUT2D eigenvalue weighted by Gasteiger charge is -2.38. The fourth-order valence-corrected chi connectivity index (χ4v) is 3.23. The molecule has 1 saturated carbocycles. The molecule has 0 bridgehead atoms. The largest absolute Gasteiger partial charge is 0.314 e. The Hall–Kier alpha value is -3.32. The van der Waals surface area contributed by atoms with Crippen LogP contribution >= 0.6 is 0 Å². The summed E-state index contributed by atoms with van der Waals surface area (Å²) in [5.41, 5.74) is 1.07. The number of anilines is 1. The highest BCUT2D eigenvalue weighted by molar-refractivity contribution is 5.92. The summed E-state index contributed by atoms with van der Waals surface area (Å²) in [6, 6.07) is 1.74. The quantitative estimate of drug-likeness (QED) is 0.642. The van der Waals surface area contributed by atoms with Gasteiger partial charge >= 0.3 is 0 Å². The van der Waals surface area contributed by atoms with Crippen molar-refractivity contribution in [3.05, 3.63) is 36.1 Å². The zero-order valence-electron chi connectivity index (χ0n) is 14.5. The average Bonchev–Trinajstić information content (AvgIpc) is 3.23.